The molecular weight excluding hydrogens is 304 g/mol. The fourth-order valence-corrected chi connectivity index (χ4v) is 4.95. The van der Waals surface area contributed by atoms with Crippen LogP contribution in [-0.4, -0.2) is 42.2 Å². The van der Waals surface area contributed by atoms with Gasteiger partial charge in [-0.25, -0.2) is 8.42 Å². The fourth-order valence-electron chi connectivity index (χ4n) is 2.77. The van der Waals surface area contributed by atoms with Crippen molar-refractivity contribution in [2.45, 2.75) is 18.1 Å². The van der Waals surface area contributed by atoms with E-state index >= 15 is 0 Å². The van der Waals surface area contributed by atoms with Crippen molar-refractivity contribution in [3.8, 4) is 0 Å². The van der Waals surface area contributed by atoms with Gasteiger partial charge in [0.25, 0.3) is 0 Å². The van der Waals surface area contributed by atoms with E-state index in [2.05, 4.69) is 0 Å². The number of carbonyl (C=O) groups is 1. The second-order valence-electron chi connectivity index (χ2n) is 4.90. The quantitative estimate of drug-likeness (QED) is 0.854. The zero-order valence-corrected chi connectivity index (χ0v) is 12.4. The number of hydrogen-bond acceptors (Lipinski definition) is 4. The number of halogens is 1. The maximum Gasteiger partial charge on any atom is 0.314 e. The second-order valence-corrected chi connectivity index (χ2v) is 7.75. The van der Waals surface area contributed by atoms with Crippen molar-refractivity contribution in [3.63, 3.8) is 0 Å². The van der Waals surface area contributed by atoms with Crippen LogP contribution < -0.4 is 0 Å². The molecule has 0 amide bonds. The van der Waals surface area contributed by atoms with Gasteiger partial charge in [0.1, 0.15) is 5.41 Å². The molecule has 1 aliphatic rings. The predicted molar refractivity (Wildman–Crippen MR) is 74.6 cm³/mol. The zero-order chi connectivity index (χ0) is 15.1. The van der Waals surface area contributed by atoms with Crippen LogP contribution in [0.2, 0.25) is 5.02 Å². The van der Waals surface area contributed by atoms with E-state index in [4.69, 9.17) is 11.6 Å². The molecule has 2 rings (SSSR count). The molecule has 0 unspecified atom stereocenters. The van der Waals surface area contributed by atoms with E-state index in [0.717, 1.165) is 0 Å². The highest BCUT2D eigenvalue weighted by Crippen LogP contribution is 2.63. The molecule has 1 fully saturated rings. The third-order valence-electron chi connectivity index (χ3n) is 3.93. The third-order valence-corrected chi connectivity index (χ3v) is 6.46. The van der Waals surface area contributed by atoms with Crippen molar-refractivity contribution < 1.29 is 23.4 Å². The average Bonchev–Trinajstić information content (AvgIpc) is 3.11. The normalized spacial score (nSPS) is 29.1. The van der Waals surface area contributed by atoms with E-state index < -0.39 is 39.0 Å². The first-order valence-electron chi connectivity index (χ1n) is 6.12. The molecule has 110 valence electrons. The number of hydrogen-bond donors (Lipinski definition) is 2. The van der Waals surface area contributed by atoms with E-state index in [0.29, 0.717) is 10.6 Å². The molecule has 2 N–H and O–H groups in total. The van der Waals surface area contributed by atoms with Gasteiger partial charge in [-0.1, -0.05) is 30.7 Å². The summed E-state index contributed by atoms with van der Waals surface area (Å²) in [6.07, 6.45) is 0. The first kappa shape index (κ1) is 15.3. The number of aliphatic hydroxyl groups excluding tert-OH is 1. The smallest absolute Gasteiger partial charge is 0.314 e. The second kappa shape index (κ2) is 5.02. The van der Waals surface area contributed by atoms with Crippen LogP contribution in [0.3, 0.4) is 0 Å². The molecule has 0 aromatic heterocycles. The van der Waals surface area contributed by atoms with Crippen molar-refractivity contribution in [1.82, 2.24) is 0 Å². The number of benzene rings is 1. The van der Waals surface area contributed by atoms with Crippen molar-refractivity contribution >= 4 is 27.4 Å². The standard InChI is InChI=1S/C13H15ClO5S/c1-2-20(18,19)11-10(13(11,7-15)12(16)17)8-3-5-9(14)6-4-8/h3-6,10-11,15H,2,7H2,1H3,(H,16,17)/t10-,11+,13-/m0/s1. The van der Waals surface area contributed by atoms with Crippen LogP contribution in [0, 0.1) is 5.41 Å². The molecule has 3 atom stereocenters. The van der Waals surface area contributed by atoms with Gasteiger partial charge in [-0.2, -0.15) is 0 Å². The van der Waals surface area contributed by atoms with Crippen molar-refractivity contribution in [2.24, 2.45) is 5.41 Å². The molecule has 1 aromatic rings. The van der Waals surface area contributed by atoms with Gasteiger partial charge >= 0.3 is 5.97 Å². The lowest BCUT2D eigenvalue weighted by Gasteiger charge is -2.08. The Kier molecular flexibility index (Phi) is 3.83. The molecule has 7 heteroatoms. The molecule has 20 heavy (non-hydrogen) atoms. The molecule has 0 saturated heterocycles. The predicted octanol–water partition coefficient (Wildman–Crippen LogP) is 1.30. The minimum Gasteiger partial charge on any atom is -0.481 e. The Labute approximate surface area is 122 Å². The first-order chi connectivity index (χ1) is 9.31. The number of aliphatic carboxylic acids is 1. The Morgan fingerprint density at radius 2 is 1.90 bits per heavy atom. The maximum atomic E-state index is 12.1. The van der Waals surface area contributed by atoms with Crippen LogP contribution in [0.5, 0.6) is 0 Å². The molecule has 0 heterocycles. The molecule has 1 aromatic carbocycles. The molecule has 1 saturated carbocycles. The highest BCUT2D eigenvalue weighted by atomic mass is 35.5. The SMILES string of the molecule is CCS(=O)(=O)[C@@H]1[C@H](c2ccc(Cl)cc2)[C@]1(CO)C(=O)O. The Bertz CT molecular complexity index is 625. The van der Waals surface area contributed by atoms with Gasteiger partial charge in [0, 0.05) is 16.7 Å². The lowest BCUT2D eigenvalue weighted by molar-refractivity contribution is -0.145. The summed E-state index contributed by atoms with van der Waals surface area (Å²) in [6, 6.07) is 6.36. The van der Waals surface area contributed by atoms with Crippen LogP contribution in [0.15, 0.2) is 24.3 Å². The minimum atomic E-state index is -3.57. The van der Waals surface area contributed by atoms with Gasteiger partial charge < -0.3 is 10.2 Å². The summed E-state index contributed by atoms with van der Waals surface area (Å²) in [6.45, 7) is 0.760. The van der Waals surface area contributed by atoms with Crippen LogP contribution in [0.4, 0.5) is 0 Å². The average molecular weight is 319 g/mol. The van der Waals surface area contributed by atoms with E-state index in [9.17, 15) is 23.4 Å². The van der Waals surface area contributed by atoms with Gasteiger partial charge in [0.15, 0.2) is 9.84 Å². The number of carboxylic acids is 1. The molecule has 0 bridgehead atoms. The highest BCUT2D eigenvalue weighted by molar-refractivity contribution is 7.92. The third kappa shape index (κ3) is 2.12. The topological polar surface area (TPSA) is 91.7 Å². The Morgan fingerprint density at radius 3 is 2.30 bits per heavy atom. The summed E-state index contributed by atoms with van der Waals surface area (Å²) in [5.74, 6) is -2.19. The molecule has 0 radical (unpaired) electrons. The summed E-state index contributed by atoms with van der Waals surface area (Å²) in [5.41, 5.74) is -1.09. The lowest BCUT2D eigenvalue weighted by atomic mass is 10.0. The lowest BCUT2D eigenvalue weighted by Crippen LogP contribution is -2.28. The van der Waals surface area contributed by atoms with Crippen molar-refractivity contribution in [3.05, 3.63) is 34.9 Å². The first-order valence-corrected chi connectivity index (χ1v) is 8.22. The van der Waals surface area contributed by atoms with Gasteiger partial charge in [-0.15, -0.1) is 0 Å². The Balaban J connectivity index is 2.50. The number of rotatable bonds is 5. The molecular formula is C13H15ClO5S. The Morgan fingerprint density at radius 1 is 1.35 bits per heavy atom. The van der Waals surface area contributed by atoms with E-state index in [1.807, 2.05) is 0 Å². The van der Waals surface area contributed by atoms with E-state index in [1.165, 1.54) is 6.92 Å². The summed E-state index contributed by atoms with van der Waals surface area (Å²) in [4.78, 5) is 11.5. The van der Waals surface area contributed by atoms with Gasteiger partial charge in [-0.05, 0) is 17.7 Å². The van der Waals surface area contributed by atoms with Gasteiger partial charge in [-0.3, -0.25) is 4.79 Å². The summed E-state index contributed by atoms with van der Waals surface area (Å²) in [5, 5.41) is 18.2. The molecule has 1 aliphatic carbocycles. The molecule has 5 nitrogen and oxygen atoms in total. The number of sulfone groups is 1. The minimum absolute atomic E-state index is 0.156. The highest BCUT2D eigenvalue weighted by Gasteiger charge is 2.75. The summed E-state index contributed by atoms with van der Waals surface area (Å²) in [7, 11) is -3.57. The van der Waals surface area contributed by atoms with E-state index in [-0.39, 0.29) is 5.75 Å². The van der Waals surface area contributed by atoms with Crippen LogP contribution in [-0.2, 0) is 14.6 Å². The monoisotopic (exact) mass is 318 g/mol. The van der Waals surface area contributed by atoms with Gasteiger partial charge in [0.05, 0.1) is 11.9 Å². The maximum absolute atomic E-state index is 12.1. The van der Waals surface area contributed by atoms with E-state index in [1.54, 1.807) is 24.3 Å². The zero-order valence-electron chi connectivity index (χ0n) is 10.8. The van der Waals surface area contributed by atoms with Crippen LogP contribution >= 0.6 is 11.6 Å². The molecule has 0 spiro atoms. The number of aliphatic hydroxyl groups is 1. The van der Waals surface area contributed by atoms with Crippen LogP contribution in [0.25, 0.3) is 0 Å². The largest absolute Gasteiger partial charge is 0.481 e. The van der Waals surface area contributed by atoms with Crippen molar-refractivity contribution in [1.29, 1.82) is 0 Å². The number of carboxylic acid groups (broad SMARTS) is 1. The Hall–Kier alpha value is -1.11. The fraction of sp³-hybridized carbons (Fsp3) is 0.462. The van der Waals surface area contributed by atoms with Crippen LogP contribution in [0.1, 0.15) is 18.4 Å². The van der Waals surface area contributed by atoms with Gasteiger partial charge in [0.2, 0.25) is 0 Å². The van der Waals surface area contributed by atoms with Crippen molar-refractivity contribution in [2.75, 3.05) is 12.4 Å². The summed E-state index contributed by atoms with van der Waals surface area (Å²) < 4.78 is 24.2. The molecule has 0 aliphatic heterocycles. The summed E-state index contributed by atoms with van der Waals surface area (Å²) >= 11 is 5.77.